The quantitative estimate of drug-likeness (QED) is 0.709. The topological polar surface area (TPSA) is 41.9 Å². The second-order valence-corrected chi connectivity index (χ2v) is 6.39. The normalized spacial score (nSPS) is 15.9. The van der Waals surface area contributed by atoms with Gasteiger partial charge in [-0.2, -0.15) is 0 Å². The first-order chi connectivity index (χ1) is 12.6. The molecule has 6 heteroatoms. The molecule has 1 aliphatic rings. The van der Waals surface area contributed by atoms with Gasteiger partial charge in [0, 0.05) is 18.0 Å². The minimum atomic E-state index is -0.544. The molecule has 1 heterocycles. The van der Waals surface area contributed by atoms with Crippen molar-refractivity contribution < 1.29 is 14.0 Å². The van der Waals surface area contributed by atoms with Crippen LogP contribution in [-0.2, 0) is 4.84 Å². The van der Waals surface area contributed by atoms with Gasteiger partial charge in [-0.3, -0.25) is 4.79 Å². The molecule has 0 bridgehead atoms. The molecule has 134 valence electrons. The van der Waals surface area contributed by atoms with Crippen molar-refractivity contribution in [3.05, 3.63) is 83.2 Å². The lowest BCUT2D eigenvalue weighted by Crippen LogP contribution is -2.38. The monoisotopic (exact) mass is 372 g/mol. The highest BCUT2D eigenvalue weighted by atomic mass is 35.5. The summed E-state index contributed by atoms with van der Waals surface area (Å²) in [5.41, 5.74) is 1.75. The van der Waals surface area contributed by atoms with Crippen LogP contribution < -0.4 is 0 Å². The van der Waals surface area contributed by atoms with E-state index in [9.17, 15) is 9.18 Å². The number of carbonyl (C=O) groups is 1. The predicted octanol–water partition coefficient (Wildman–Crippen LogP) is 4.30. The van der Waals surface area contributed by atoms with Crippen molar-refractivity contribution in [1.29, 1.82) is 0 Å². The number of halogens is 2. The summed E-state index contributed by atoms with van der Waals surface area (Å²) in [6, 6.07) is 13.3. The minimum Gasteiger partial charge on any atom is -0.390 e. The fraction of sp³-hybridized carbons (Fsp3) is 0.200. The first kappa shape index (κ1) is 18.1. The Balaban J connectivity index is 1.68. The Bertz CT molecular complexity index is 836. The lowest BCUT2D eigenvalue weighted by atomic mass is 10.0. The Morgan fingerprint density at radius 3 is 2.73 bits per heavy atom. The van der Waals surface area contributed by atoms with E-state index in [4.69, 9.17) is 16.4 Å². The molecule has 0 aromatic heterocycles. The van der Waals surface area contributed by atoms with E-state index in [0.717, 1.165) is 11.3 Å². The van der Waals surface area contributed by atoms with Crippen LogP contribution in [0.15, 0.2) is 66.3 Å². The Morgan fingerprint density at radius 1 is 1.31 bits per heavy atom. The molecule has 1 amide bonds. The Hall–Kier alpha value is -2.66. The van der Waals surface area contributed by atoms with Crippen molar-refractivity contribution in [3.63, 3.8) is 0 Å². The maximum atomic E-state index is 13.9. The summed E-state index contributed by atoms with van der Waals surface area (Å²) in [5.74, 6) is -0.941. The molecule has 1 atom stereocenters. The Morgan fingerprint density at radius 2 is 2.04 bits per heavy atom. The van der Waals surface area contributed by atoms with Gasteiger partial charge in [0.1, 0.15) is 5.82 Å². The van der Waals surface area contributed by atoms with Gasteiger partial charge in [0.2, 0.25) is 0 Å². The maximum absolute atomic E-state index is 13.9. The molecule has 0 N–H and O–H groups in total. The number of benzene rings is 2. The van der Waals surface area contributed by atoms with Gasteiger partial charge in [0.05, 0.1) is 17.8 Å². The third-order valence-electron chi connectivity index (χ3n) is 4.08. The fourth-order valence-electron chi connectivity index (χ4n) is 2.79. The van der Waals surface area contributed by atoms with Crippen LogP contribution in [0.3, 0.4) is 0 Å². The summed E-state index contributed by atoms with van der Waals surface area (Å²) in [4.78, 5) is 19.6. The number of hydrogen-bond donors (Lipinski definition) is 0. The van der Waals surface area contributed by atoms with Crippen LogP contribution in [0, 0.1) is 5.82 Å². The van der Waals surface area contributed by atoms with Gasteiger partial charge >= 0.3 is 0 Å². The molecule has 0 saturated carbocycles. The first-order valence-electron chi connectivity index (χ1n) is 8.22. The van der Waals surface area contributed by atoms with Crippen molar-refractivity contribution >= 4 is 23.2 Å². The van der Waals surface area contributed by atoms with Gasteiger partial charge in [0.15, 0.2) is 6.10 Å². The number of nitrogens with zero attached hydrogens (tertiary/aromatic N) is 2. The first-order valence-corrected chi connectivity index (χ1v) is 8.59. The zero-order chi connectivity index (χ0) is 18.5. The van der Waals surface area contributed by atoms with Gasteiger partial charge in [-0.05, 0) is 29.8 Å². The zero-order valence-corrected chi connectivity index (χ0v) is 14.8. The number of amides is 1. The number of carbonyl (C=O) groups excluding carboxylic acids is 1. The third-order valence-corrected chi connectivity index (χ3v) is 4.33. The van der Waals surface area contributed by atoms with Crippen molar-refractivity contribution in [3.8, 4) is 0 Å². The summed E-state index contributed by atoms with van der Waals surface area (Å²) in [5, 5.41) is 4.77. The van der Waals surface area contributed by atoms with Crippen LogP contribution in [0.1, 0.15) is 22.3 Å². The second-order valence-electron chi connectivity index (χ2n) is 5.96. The summed E-state index contributed by atoms with van der Waals surface area (Å²) in [6.07, 6.45) is 1.87. The van der Waals surface area contributed by atoms with E-state index >= 15 is 0 Å². The van der Waals surface area contributed by atoms with Crippen LogP contribution in [0.2, 0.25) is 5.02 Å². The average Bonchev–Trinajstić information content (AvgIpc) is 3.10. The highest BCUT2D eigenvalue weighted by Gasteiger charge is 2.27. The van der Waals surface area contributed by atoms with Crippen molar-refractivity contribution in [2.45, 2.75) is 12.5 Å². The third kappa shape index (κ3) is 4.11. The average molecular weight is 373 g/mol. The lowest BCUT2D eigenvalue weighted by molar-refractivity contribution is 0.0447. The predicted molar refractivity (Wildman–Crippen MR) is 100.0 cm³/mol. The van der Waals surface area contributed by atoms with Gasteiger partial charge in [-0.25, -0.2) is 4.39 Å². The largest absolute Gasteiger partial charge is 0.390 e. The van der Waals surface area contributed by atoms with Crippen LogP contribution in [0.5, 0.6) is 0 Å². The molecule has 4 nitrogen and oxygen atoms in total. The molecule has 2 aromatic carbocycles. The highest BCUT2D eigenvalue weighted by molar-refractivity contribution is 6.30. The number of hydrogen-bond acceptors (Lipinski definition) is 3. The van der Waals surface area contributed by atoms with Crippen LogP contribution in [0.4, 0.5) is 4.39 Å². The molecule has 0 saturated heterocycles. The second kappa shape index (κ2) is 8.15. The van der Waals surface area contributed by atoms with E-state index in [1.54, 1.807) is 30.3 Å². The standard InChI is InChI=1S/C20H18ClFN2O2/c1-2-11-24(20(25)17-5-3-4-6-18(17)22)13-16-12-19(23-26-16)14-7-9-15(21)10-8-14/h2-10,16H,1,11-13H2. The molecule has 0 spiro atoms. The molecule has 0 aliphatic carbocycles. The maximum Gasteiger partial charge on any atom is 0.257 e. The van der Waals surface area contributed by atoms with Crippen molar-refractivity contribution in [1.82, 2.24) is 4.90 Å². The van der Waals surface area contributed by atoms with Crippen molar-refractivity contribution in [2.75, 3.05) is 13.1 Å². The molecule has 26 heavy (non-hydrogen) atoms. The lowest BCUT2D eigenvalue weighted by Gasteiger charge is -2.23. The van der Waals surface area contributed by atoms with E-state index in [2.05, 4.69) is 11.7 Å². The number of oxime groups is 1. The van der Waals surface area contributed by atoms with Gasteiger partial charge < -0.3 is 9.74 Å². The molecule has 1 aliphatic heterocycles. The Labute approximate surface area is 156 Å². The fourth-order valence-corrected chi connectivity index (χ4v) is 2.91. The van der Waals surface area contributed by atoms with E-state index in [1.807, 2.05) is 12.1 Å². The van der Waals surface area contributed by atoms with Crippen LogP contribution in [-0.4, -0.2) is 35.7 Å². The molecule has 3 rings (SSSR count). The van der Waals surface area contributed by atoms with Gasteiger partial charge in [-0.1, -0.05) is 47.1 Å². The minimum absolute atomic E-state index is 0.0335. The summed E-state index contributed by atoms with van der Waals surface area (Å²) < 4.78 is 13.9. The summed E-state index contributed by atoms with van der Waals surface area (Å²) in [6.45, 7) is 4.26. The molecule has 0 fully saturated rings. The number of rotatable bonds is 6. The smallest absolute Gasteiger partial charge is 0.257 e. The Kier molecular flexibility index (Phi) is 5.68. The van der Waals surface area contributed by atoms with E-state index in [0.29, 0.717) is 24.5 Å². The van der Waals surface area contributed by atoms with Crippen LogP contribution in [0.25, 0.3) is 0 Å². The molecule has 0 radical (unpaired) electrons. The highest BCUT2D eigenvalue weighted by Crippen LogP contribution is 2.20. The SMILES string of the molecule is C=CCN(CC1CC(c2ccc(Cl)cc2)=NO1)C(=O)c1ccccc1F. The molecular weight excluding hydrogens is 355 g/mol. The van der Waals surface area contributed by atoms with Crippen LogP contribution >= 0.6 is 11.6 Å². The van der Waals surface area contributed by atoms with Gasteiger partial charge in [0.25, 0.3) is 5.91 Å². The molecule has 2 aromatic rings. The van der Waals surface area contributed by atoms with E-state index < -0.39 is 11.7 Å². The summed E-state index contributed by atoms with van der Waals surface area (Å²) >= 11 is 5.90. The molecular formula is C20H18ClFN2O2. The summed E-state index contributed by atoms with van der Waals surface area (Å²) in [7, 11) is 0. The van der Waals surface area contributed by atoms with Crippen molar-refractivity contribution in [2.24, 2.45) is 5.16 Å². The van der Waals surface area contributed by atoms with E-state index in [-0.39, 0.29) is 11.7 Å². The zero-order valence-electron chi connectivity index (χ0n) is 14.1. The van der Waals surface area contributed by atoms with Gasteiger partial charge in [-0.15, -0.1) is 6.58 Å². The van der Waals surface area contributed by atoms with E-state index in [1.165, 1.54) is 17.0 Å². The molecule has 1 unspecified atom stereocenters.